The van der Waals surface area contributed by atoms with Crippen LogP contribution in [0.25, 0.3) is 0 Å². The van der Waals surface area contributed by atoms with E-state index in [0.717, 1.165) is 6.07 Å². The predicted octanol–water partition coefficient (Wildman–Crippen LogP) is 3.38. The fourth-order valence-corrected chi connectivity index (χ4v) is 1.64. The Bertz CT molecular complexity index is 496. The molecule has 1 aromatic carbocycles. The summed E-state index contributed by atoms with van der Waals surface area (Å²) >= 11 is 0. The van der Waals surface area contributed by atoms with Crippen LogP contribution in [0, 0.1) is 11.3 Å². The highest BCUT2D eigenvalue weighted by atomic mass is 19.4. The van der Waals surface area contributed by atoms with Gasteiger partial charge < -0.3 is 10.6 Å². The van der Waals surface area contributed by atoms with Crippen molar-refractivity contribution in [3.05, 3.63) is 29.3 Å². The monoisotopic (exact) mass is 285 g/mol. The van der Waals surface area contributed by atoms with Crippen LogP contribution >= 0.6 is 0 Å². The summed E-state index contributed by atoms with van der Waals surface area (Å²) in [5.74, 6) is 0. The van der Waals surface area contributed by atoms with E-state index < -0.39 is 11.7 Å². The van der Waals surface area contributed by atoms with Gasteiger partial charge in [0.1, 0.15) is 0 Å². The van der Waals surface area contributed by atoms with Crippen LogP contribution in [0.15, 0.2) is 18.2 Å². The van der Waals surface area contributed by atoms with Gasteiger partial charge in [-0.15, -0.1) is 0 Å². The summed E-state index contributed by atoms with van der Waals surface area (Å²) in [4.78, 5) is 0. The Hall–Kier alpha value is -1.74. The van der Waals surface area contributed by atoms with Crippen molar-refractivity contribution in [2.75, 3.05) is 18.4 Å². The summed E-state index contributed by atoms with van der Waals surface area (Å²) in [6.45, 7) is 6.86. The first-order valence-electron chi connectivity index (χ1n) is 6.24. The lowest BCUT2D eigenvalue weighted by Crippen LogP contribution is -2.38. The first kappa shape index (κ1) is 16.3. The van der Waals surface area contributed by atoms with Crippen molar-refractivity contribution in [2.45, 2.75) is 32.5 Å². The Morgan fingerprint density at radius 1 is 1.15 bits per heavy atom. The zero-order valence-electron chi connectivity index (χ0n) is 11.7. The second-order valence-electron chi connectivity index (χ2n) is 5.47. The minimum Gasteiger partial charge on any atom is -0.383 e. The third-order valence-corrected chi connectivity index (χ3v) is 2.55. The normalized spacial score (nSPS) is 12.1. The molecule has 1 rings (SSSR count). The average Bonchev–Trinajstić information content (AvgIpc) is 2.32. The molecule has 0 saturated heterocycles. The molecule has 3 nitrogen and oxygen atoms in total. The van der Waals surface area contributed by atoms with Gasteiger partial charge in [0.15, 0.2) is 0 Å². The van der Waals surface area contributed by atoms with Crippen molar-refractivity contribution in [1.82, 2.24) is 5.32 Å². The molecule has 0 radical (unpaired) electrons. The molecule has 2 N–H and O–H groups in total. The summed E-state index contributed by atoms with van der Waals surface area (Å²) in [7, 11) is 0. The van der Waals surface area contributed by atoms with Crippen molar-refractivity contribution >= 4 is 5.69 Å². The Balaban J connectivity index is 2.78. The molecule has 0 spiro atoms. The lowest BCUT2D eigenvalue weighted by Gasteiger charge is -2.21. The van der Waals surface area contributed by atoms with E-state index in [9.17, 15) is 13.2 Å². The highest BCUT2D eigenvalue weighted by molar-refractivity contribution is 5.56. The number of benzene rings is 1. The molecule has 0 saturated carbocycles. The van der Waals surface area contributed by atoms with Gasteiger partial charge in [0.05, 0.1) is 17.2 Å². The van der Waals surface area contributed by atoms with Gasteiger partial charge in [0.2, 0.25) is 0 Å². The number of rotatable bonds is 4. The van der Waals surface area contributed by atoms with Crippen molar-refractivity contribution in [2.24, 2.45) is 0 Å². The van der Waals surface area contributed by atoms with Crippen molar-refractivity contribution < 1.29 is 13.2 Å². The maximum absolute atomic E-state index is 12.9. The van der Waals surface area contributed by atoms with Crippen LogP contribution in [-0.4, -0.2) is 18.6 Å². The first-order chi connectivity index (χ1) is 9.13. The third-order valence-electron chi connectivity index (χ3n) is 2.55. The van der Waals surface area contributed by atoms with Crippen LogP contribution < -0.4 is 10.6 Å². The van der Waals surface area contributed by atoms with Gasteiger partial charge in [-0.25, -0.2) is 0 Å². The summed E-state index contributed by atoms with van der Waals surface area (Å²) in [5.41, 5.74) is -0.908. The van der Waals surface area contributed by atoms with Crippen molar-refractivity contribution in [3.63, 3.8) is 0 Å². The molecular formula is C14H18F3N3. The van der Waals surface area contributed by atoms with E-state index >= 15 is 0 Å². The van der Waals surface area contributed by atoms with Gasteiger partial charge in [-0.2, -0.15) is 18.4 Å². The highest BCUT2D eigenvalue weighted by Crippen LogP contribution is 2.35. The number of anilines is 1. The van der Waals surface area contributed by atoms with Gasteiger partial charge in [0.25, 0.3) is 0 Å². The minimum atomic E-state index is -4.48. The van der Waals surface area contributed by atoms with E-state index in [2.05, 4.69) is 10.6 Å². The van der Waals surface area contributed by atoms with Crippen LogP contribution in [-0.2, 0) is 6.18 Å². The Labute approximate surface area is 116 Å². The fraction of sp³-hybridized carbons (Fsp3) is 0.500. The summed E-state index contributed by atoms with van der Waals surface area (Å²) < 4.78 is 38.7. The van der Waals surface area contributed by atoms with Gasteiger partial charge in [-0.1, -0.05) is 0 Å². The molecule has 0 aliphatic rings. The van der Waals surface area contributed by atoms with Crippen LogP contribution in [0.3, 0.4) is 0 Å². The zero-order chi connectivity index (χ0) is 15.4. The fourth-order valence-electron chi connectivity index (χ4n) is 1.64. The Kier molecular flexibility index (Phi) is 5.01. The largest absolute Gasteiger partial charge is 0.418 e. The quantitative estimate of drug-likeness (QED) is 0.834. The van der Waals surface area contributed by atoms with E-state index in [4.69, 9.17) is 5.26 Å². The molecule has 20 heavy (non-hydrogen) atoms. The summed E-state index contributed by atoms with van der Waals surface area (Å²) in [5, 5.41) is 14.6. The van der Waals surface area contributed by atoms with E-state index in [1.54, 1.807) is 6.07 Å². The molecule has 0 aromatic heterocycles. The van der Waals surface area contributed by atoms with Gasteiger partial charge >= 0.3 is 6.18 Å². The molecule has 0 heterocycles. The lowest BCUT2D eigenvalue weighted by atomic mass is 10.1. The molecule has 0 bridgehead atoms. The third kappa shape index (κ3) is 5.10. The molecule has 110 valence electrons. The number of hydrogen-bond acceptors (Lipinski definition) is 3. The molecule has 0 atom stereocenters. The topological polar surface area (TPSA) is 47.8 Å². The number of nitrogens with one attached hydrogen (secondary N) is 2. The van der Waals surface area contributed by atoms with Crippen LogP contribution in [0.2, 0.25) is 0 Å². The smallest absolute Gasteiger partial charge is 0.383 e. The van der Waals surface area contributed by atoms with Gasteiger partial charge in [-0.3, -0.25) is 0 Å². The second-order valence-corrected chi connectivity index (χ2v) is 5.47. The SMILES string of the molecule is CC(C)(C)NCCNc1ccc(C#N)cc1C(F)(F)F. The summed E-state index contributed by atoms with van der Waals surface area (Å²) in [6.07, 6.45) is -4.48. The maximum Gasteiger partial charge on any atom is 0.418 e. The van der Waals surface area contributed by atoms with E-state index in [1.165, 1.54) is 12.1 Å². The maximum atomic E-state index is 12.9. The number of hydrogen-bond donors (Lipinski definition) is 2. The molecule has 6 heteroatoms. The number of nitrogens with zero attached hydrogens (tertiary/aromatic N) is 1. The standard InChI is InChI=1S/C14H18F3N3/c1-13(2,3)20-7-6-19-12-5-4-10(9-18)8-11(12)14(15,16)17/h4-5,8,19-20H,6-7H2,1-3H3. The van der Waals surface area contributed by atoms with E-state index in [1.807, 2.05) is 20.8 Å². The molecule has 0 aliphatic heterocycles. The molecule has 0 amide bonds. The van der Waals surface area contributed by atoms with Crippen molar-refractivity contribution in [1.29, 1.82) is 5.26 Å². The zero-order valence-corrected chi connectivity index (χ0v) is 11.7. The second kappa shape index (κ2) is 6.14. The number of halogens is 3. The van der Waals surface area contributed by atoms with Crippen molar-refractivity contribution in [3.8, 4) is 6.07 Å². The molecule has 1 aromatic rings. The van der Waals surface area contributed by atoms with E-state index in [-0.39, 0.29) is 16.8 Å². The Morgan fingerprint density at radius 3 is 2.30 bits per heavy atom. The molecular weight excluding hydrogens is 267 g/mol. The first-order valence-corrected chi connectivity index (χ1v) is 6.24. The average molecular weight is 285 g/mol. The Morgan fingerprint density at radius 2 is 1.80 bits per heavy atom. The summed E-state index contributed by atoms with van der Waals surface area (Å²) in [6, 6.07) is 5.23. The number of alkyl halides is 3. The van der Waals surface area contributed by atoms with Crippen LogP contribution in [0.4, 0.5) is 18.9 Å². The van der Waals surface area contributed by atoms with Crippen LogP contribution in [0.1, 0.15) is 31.9 Å². The number of nitriles is 1. The highest BCUT2D eigenvalue weighted by Gasteiger charge is 2.33. The molecule has 0 fully saturated rings. The minimum absolute atomic E-state index is 0.00399. The van der Waals surface area contributed by atoms with Gasteiger partial charge in [-0.05, 0) is 39.0 Å². The van der Waals surface area contributed by atoms with E-state index in [0.29, 0.717) is 13.1 Å². The molecule has 0 aliphatic carbocycles. The predicted molar refractivity (Wildman–Crippen MR) is 72.4 cm³/mol. The lowest BCUT2D eigenvalue weighted by molar-refractivity contribution is -0.137. The van der Waals surface area contributed by atoms with Gasteiger partial charge in [0, 0.05) is 24.3 Å². The van der Waals surface area contributed by atoms with Crippen LogP contribution in [0.5, 0.6) is 0 Å². The molecule has 0 unspecified atom stereocenters.